The van der Waals surface area contributed by atoms with Crippen LogP contribution in [0, 0.1) is 0 Å². The van der Waals surface area contributed by atoms with Crippen molar-refractivity contribution in [2.45, 2.75) is 216 Å². The summed E-state index contributed by atoms with van der Waals surface area (Å²) in [5.41, 5.74) is 2.41. The van der Waals surface area contributed by atoms with Crippen molar-refractivity contribution in [2.24, 2.45) is 0 Å². The third-order valence-corrected chi connectivity index (χ3v) is 12.2. The van der Waals surface area contributed by atoms with Crippen LogP contribution in [-0.4, -0.2) is 25.9 Å². The van der Waals surface area contributed by atoms with Gasteiger partial charge < -0.3 is 4.74 Å². The molecule has 0 bridgehead atoms. The van der Waals surface area contributed by atoms with Crippen LogP contribution < -0.4 is 4.74 Å². The van der Waals surface area contributed by atoms with Crippen LogP contribution in [0.25, 0.3) is 0 Å². The van der Waals surface area contributed by atoms with E-state index >= 15 is 0 Å². The van der Waals surface area contributed by atoms with Gasteiger partial charge in [-0.1, -0.05) is 187 Å². The number of benzene rings is 2. The number of hydrogen-bond donors (Lipinski definition) is 2. The van der Waals surface area contributed by atoms with Gasteiger partial charge in [0.25, 0.3) is 20.2 Å². The lowest BCUT2D eigenvalue weighted by Gasteiger charge is -2.15. The van der Waals surface area contributed by atoms with Crippen molar-refractivity contribution < 1.29 is 30.7 Å². The number of ether oxygens (including phenoxy) is 1. The molecule has 304 valence electrons. The Morgan fingerprint density at radius 1 is 0.434 bits per heavy atom. The van der Waals surface area contributed by atoms with E-state index in [0.29, 0.717) is 5.75 Å². The lowest BCUT2D eigenvalue weighted by Crippen LogP contribution is -2.05. The summed E-state index contributed by atoms with van der Waals surface area (Å²) in [5, 5.41) is 0. The van der Waals surface area contributed by atoms with Crippen LogP contribution in [0.2, 0.25) is 0 Å². The third-order valence-electron chi connectivity index (χ3n) is 10.5. The Morgan fingerprint density at radius 2 is 0.811 bits per heavy atom. The monoisotopic (exact) mass is 778 g/mol. The zero-order chi connectivity index (χ0) is 38.6. The van der Waals surface area contributed by atoms with Gasteiger partial charge in [-0.15, -0.1) is 0 Å². The fourth-order valence-electron chi connectivity index (χ4n) is 7.23. The van der Waals surface area contributed by atoms with E-state index in [4.69, 9.17) is 4.74 Å². The molecule has 0 heterocycles. The molecule has 0 fully saturated rings. The van der Waals surface area contributed by atoms with Crippen LogP contribution in [0.1, 0.15) is 205 Å². The van der Waals surface area contributed by atoms with E-state index < -0.39 is 30.0 Å². The van der Waals surface area contributed by atoms with Gasteiger partial charge in [0.1, 0.15) is 16.4 Å². The summed E-state index contributed by atoms with van der Waals surface area (Å²) in [5.74, 6) is -0.00254. The zero-order valence-corrected chi connectivity index (χ0v) is 35.1. The summed E-state index contributed by atoms with van der Waals surface area (Å²) in [7, 11) is -9.32. The molecule has 2 aromatic rings. The quantitative estimate of drug-likeness (QED) is 0.0536. The first-order valence-corrected chi connectivity index (χ1v) is 24.3. The highest BCUT2D eigenvalue weighted by Gasteiger charge is 2.22. The first kappa shape index (κ1) is 47.2. The second kappa shape index (κ2) is 28.5. The molecule has 2 aromatic carbocycles. The minimum atomic E-state index is -4.70. The van der Waals surface area contributed by atoms with E-state index in [0.717, 1.165) is 55.9 Å². The molecule has 0 aliphatic heterocycles. The van der Waals surface area contributed by atoms with Crippen molar-refractivity contribution in [3.63, 3.8) is 0 Å². The standard InChI is InChI=1S/C44H74O7S2/c1-3-5-7-9-11-13-15-17-19-21-23-25-27-29-31-39-33-34-41(51-43-38-42(52(45,46)47)35-36-44(43)53(48,49)50)37-40(39)32-30-28-26-24-22-20-18-16-14-12-10-8-6-4-2/h33-38H,3-32H2,1-2H3,(H,45,46,47)(H,48,49,50). The number of hydrogen-bond acceptors (Lipinski definition) is 5. The van der Waals surface area contributed by atoms with Gasteiger partial charge in [-0.25, -0.2) is 0 Å². The SMILES string of the molecule is CCCCCCCCCCCCCCCCc1ccc(Oc2cc(S(=O)(=O)O)ccc2S(=O)(=O)O)cc1CCCCCCCCCCCCCCCC. The molecule has 53 heavy (non-hydrogen) atoms. The number of rotatable bonds is 34. The van der Waals surface area contributed by atoms with E-state index in [1.54, 1.807) is 6.07 Å². The summed E-state index contributed by atoms with van der Waals surface area (Å²) < 4.78 is 72.9. The Morgan fingerprint density at radius 3 is 1.19 bits per heavy atom. The Balaban J connectivity index is 1.89. The summed E-state index contributed by atoms with van der Waals surface area (Å²) in [6.07, 6.45) is 38.4. The van der Waals surface area contributed by atoms with Crippen LogP contribution in [0.15, 0.2) is 46.2 Å². The van der Waals surface area contributed by atoms with Crippen LogP contribution >= 0.6 is 0 Å². The molecule has 2 rings (SSSR count). The molecule has 9 heteroatoms. The summed E-state index contributed by atoms with van der Waals surface area (Å²) in [6, 6.07) is 8.47. The summed E-state index contributed by atoms with van der Waals surface area (Å²) in [4.78, 5) is -1.08. The molecule has 0 radical (unpaired) electrons. The lowest BCUT2D eigenvalue weighted by atomic mass is 9.96. The third kappa shape index (κ3) is 22.3. The van der Waals surface area contributed by atoms with E-state index in [-0.39, 0.29) is 5.75 Å². The Bertz CT molecular complexity index is 1450. The molecule has 0 saturated carbocycles. The molecular formula is C44H74O7S2. The van der Waals surface area contributed by atoms with E-state index in [9.17, 15) is 25.9 Å². The molecule has 0 saturated heterocycles. The lowest BCUT2D eigenvalue weighted by molar-refractivity contribution is 0.445. The van der Waals surface area contributed by atoms with Crippen LogP contribution in [0.3, 0.4) is 0 Å². The maximum atomic E-state index is 12.1. The summed E-state index contributed by atoms with van der Waals surface area (Å²) in [6.45, 7) is 4.53. The van der Waals surface area contributed by atoms with E-state index in [2.05, 4.69) is 13.8 Å². The molecule has 0 atom stereocenters. The van der Waals surface area contributed by atoms with Crippen molar-refractivity contribution >= 4 is 20.2 Å². The largest absolute Gasteiger partial charge is 0.456 e. The molecule has 0 aliphatic carbocycles. The number of aryl methyl sites for hydroxylation is 2. The van der Waals surface area contributed by atoms with Crippen LogP contribution in [-0.2, 0) is 33.1 Å². The van der Waals surface area contributed by atoms with Gasteiger partial charge in [-0.05, 0) is 61.1 Å². The highest BCUT2D eigenvalue weighted by molar-refractivity contribution is 7.86. The smallest absolute Gasteiger partial charge is 0.298 e. The highest BCUT2D eigenvalue weighted by Crippen LogP contribution is 2.33. The van der Waals surface area contributed by atoms with Gasteiger partial charge in [0.05, 0.1) is 4.90 Å². The average Bonchev–Trinajstić information content (AvgIpc) is 3.11. The van der Waals surface area contributed by atoms with Crippen molar-refractivity contribution in [1.29, 1.82) is 0 Å². The second-order valence-electron chi connectivity index (χ2n) is 15.3. The molecule has 0 aliphatic rings. The van der Waals surface area contributed by atoms with Crippen molar-refractivity contribution in [2.75, 3.05) is 0 Å². The topological polar surface area (TPSA) is 118 Å². The van der Waals surface area contributed by atoms with Gasteiger partial charge in [0.2, 0.25) is 0 Å². The van der Waals surface area contributed by atoms with Gasteiger partial charge in [-0.3, -0.25) is 9.11 Å². The molecule has 0 aromatic heterocycles. The van der Waals surface area contributed by atoms with E-state index in [1.807, 2.05) is 12.1 Å². The maximum Gasteiger partial charge on any atom is 0.298 e. The number of unbranched alkanes of at least 4 members (excludes halogenated alkanes) is 26. The first-order valence-electron chi connectivity index (χ1n) is 21.4. The second-order valence-corrected chi connectivity index (χ2v) is 18.1. The van der Waals surface area contributed by atoms with Crippen LogP contribution in [0.5, 0.6) is 11.5 Å². The Kier molecular flexibility index (Phi) is 25.4. The summed E-state index contributed by atoms with van der Waals surface area (Å²) >= 11 is 0. The maximum absolute atomic E-state index is 12.1. The minimum Gasteiger partial charge on any atom is -0.456 e. The van der Waals surface area contributed by atoms with Crippen molar-refractivity contribution in [3.05, 3.63) is 47.5 Å². The van der Waals surface area contributed by atoms with Crippen molar-refractivity contribution in [1.82, 2.24) is 0 Å². The fourth-order valence-corrected chi connectivity index (χ4v) is 8.32. The van der Waals surface area contributed by atoms with Gasteiger partial charge in [-0.2, -0.15) is 16.8 Å². The molecule has 0 unspecified atom stereocenters. The van der Waals surface area contributed by atoms with Gasteiger partial charge >= 0.3 is 0 Å². The molecular weight excluding hydrogens is 705 g/mol. The first-order chi connectivity index (χ1) is 25.6. The van der Waals surface area contributed by atoms with E-state index in [1.165, 1.54) is 166 Å². The predicted molar refractivity (Wildman–Crippen MR) is 221 cm³/mol. The highest BCUT2D eigenvalue weighted by atomic mass is 32.2. The minimum absolute atomic E-state index is 0.354. The Labute approximate surface area is 325 Å². The van der Waals surface area contributed by atoms with Gasteiger partial charge in [0, 0.05) is 6.07 Å². The van der Waals surface area contributed by atoms with Crippen LogP contribution in [0.4, 0.5) is 0 Å². The van der Waals surface area contributed by atoms with Gasteiger partial charge in [0.15, 0.2) is 0 Å². The van der Waals surface area contributed by atoms with Crippen molar-refractivity contribution in [3.8, 4) is 11.5 Å². The average molecular weight is 779 g/mol. The molecule has 7 nitrogen and oxygen atoms in total. The zero-order valence-electron chi connectivity index (χ0n) is 33.4. The molecule has 0 spiro atoms. The molecule has 0 amide bonds. The Hall–Kier alpha value is -1.94. The fraction of sp³-hybridized carbons (Fsp3) is 0.727. The normalized spacial score (nSPS) is 12.1. The predicted octanol–water partition coefficient (Wildman–Crippen LogP) is 14.0. The molecule has 2 N–H and O–H groups in total.